The predicted octanol–water partition coefficient (Wildman–Crippen LogP) is 4.10. The van der Waals surface area contributed by atoms with Gasteiger partial charge < -0.3 is 19.3 Å². The lowest BCUT2D eigenvalue weighted by Crippen LogP contribution is -2.66. The monoisotopic (exact) mass is 352 g/mol. The molecule has 2 aliphatic carbocycles. The van der Waals surface area contributed by atoms with Crippen LogP contribution < -0.4 is 0 Å². The molecule has 4 rings (SSSR count). The molecule has 0 bridgehead atoms. The number of aliphatic hydroxyl groups is 1. The van der Waals surface area contributed by atoms with E-state index in [1.807, 2.05) is 0 Å². The molecule has 0 aromatic heterocycles. The molecule has 2 saturated carbocycles. The van der Waals surface area contributed by atoms with Crippen LogP contribution in [-0.4, -0.2) is 35.5 Å². The van der Waals surface area contributed by atoms with Crippen LogP contribution in [0.15, 0.2) is 0 Å². The molecule has 2 aliphatic heterocycles. The van der Waals surface area contributed by atoms with E-state index in [0.717, 1.165) is 25.7 Å². The highest BCUT2D eigenvalue weighted by molar-refractivity contribution is 5.06. The Morgan fingerprint density at radius 1 is 0.840 bits per heavy atom. The van der Waals surface area contributed by atoms with Crippen LogP contribution in [0.25, 0.3) is 0 Å². The maximum Gasteiger partial charge on any atom is 0.190 e. The Hall–Kier alpha value is -0.160. The molecule has 0 radical (unpaired) electrons. The fraction of sp³-hybridized carbons (Fsp3) is 1.00. The summed E-state index contributed by atoms with van der Waals surface area (Å²) in [5.74, 6) is 1.82. The van der Waals surface area contributed by atoms with Gasteiger partial charge in [0.15, 0.2) is 12.6 Å². The standard InChI is InChI=1S/C21H36O4/c1-12-8-10-17-15(4)19(24-18-7-5-6-13(18)2)25-20-21(17,22)16(12)11-9-14(3)23-20/h12-20,22H,5-11H2,1-4H3/t12-,13?,14+,15-,16?,17?,18?,19?,20+,21-/m1/s1. The third-order valence-corrected chi connectivity index (χ3v) is 7.84. The van der Waals surface area contributed by atoms with Gasteiger partial charge in [-0.2, -0.15) is 0 Å². The van der Waals surface area contributed by atoms with Gasteiger partial charge in [0.1, 0.15) is 5.60 Å². The Bertz CT molecular complexity index is 483. The zero-order valence-corrected chi connectivity index (χ0v) is 16.3. The van der Waals surface area contributed by atoms with Crippen molar-refractivity contribution in [2.45, 2.75) is 103 Å². The SMILES string of the molecule is CC1CCCC1OC1O[C@@H]2O[C@@H](C)CCC3[C@H](C)CCC([C@H]1C)[C@]32O. The first-order chi connectivity index (χ1) is 11.9. The van der Waals surface area contributed by atoms with Crippen molar-refractivity contribution in [2.24, 2.45) is 29.6 Å². The molecule has 4 aliphatic rings. The maximum absolute atomic E-state index is 11.8. The topological polar surface area (TPSA) is 47.9 Å². The average Bonchev–Trinajstić information content (AvgIpc) is 2.90. The molecule has 2 heterocycles. The van der Waals surface area contributed by atoms with E-state index in [2.05, 4.69) is 27.7 Å². The first-order valence-corrected chi connectivity index (χ1v) is 10.6. The third kappa shape index (κ3) is 2.97. The van der Waals surface area contributed by atoms with Gasteiger partial charge in [0.2, 0.25) is 0 Å². The van der Waals surface area contributed by atoms with Crippen LogP contribution in [0.3, 0.4) is 0 Å². The second kappa shape index (κ2) is 6.78. The molecule has 4 fully saturated rings. The van der Waals surface area contributed by atoms with Crippen molar-refractivity contribution in [3.63, 3.8) is 0 Å². The Labute approximate surface area is 152 Å². The van der Waals surface area contributed by atoms with E-state index in [-0.39, 0.29) is 30.1 Å². The van der Waals surface area contributed by atoms with E-state index < -0.39 is 11.9 Å². The highest BCUT2D eigenvalue weighted by atomic mass is 16.8. The van der Waals surface area contributed by atoms with Gasteiger partial charge in [-0.05, 0) is 63.2 Å². The van der Waals surface area contributed by atoms with Crippen LogP contribution in [0.1, 0.15) is 72.6 Å². The fourth-order valence-corrected chi connectivity index (χ4v) is 6.18. The highest BCUT2D eigenvalue weighted by Gasteiger charge is 2.62. The first-order valence-electron chi connectivity index (χ1n) is 10.6. The Morgan fingerprint density at radius 3 is 2.32 bits per heavy atom. The number of rotatable bonds is 2. The van der Waals surface area contributed by atoms with E-state index in [9.17, 15) is 5.11 Å². The summed E-state index contributed by atoms with van der Waals surface area (Å²) >= 11 is 0. The number of hydrogen-bond donors (Lipinski definition) is 1. The van der Waals surface area contributed by atoms with Crippen molar-refractivity contribution >= 4 is 0 Å². The zero-order chi connectivity index (χ0) is 17.8. The lowest BCUT2D eigenvalue weighted by Gasteiger charge is -2.57. The summed E-state index contributed by atoms with van der Waals surface area (Å²) in [5, 5.41) is 11.8. The van der Waals surface area contributed by atoms with Crippen molar-refractivity contribution in [1.29, 1.82) is 0 Å². The molecule has 144 valence electrons. The molecule has 0 spiro atoms. The van der Waals surface area contributed by atoms with Crippen LogP contribution in [0, 0.1) is 29.6 Å². The van der Waals surface area contributed by atoms with Gasteiger partial charge in [-0.25, -0.2) is 0 Å². The molecule has 4 nitrogen and oxygen atoms in total. The van der Waals surface area contributed by atoms with Crippen molar-refractivity contribution in [3.8, 4) is 0 Å². The van der Waals surface area contributed by atoms with Crippen LogP contribution in [0.2, 0.25) is 0 Å². The second-order valence-electron chi connectivity index (χ2n) is 9.46. The van der Waals surface area contributed by atoms with Gasteiger partial charge in [0, 0.05) is 11.8 Å². The van der Waals surface area contributed by atoms with Gasteiger partial charge in [0.05, 0.1) is 12.2 Å². The fourth-order valence-electron chi connectivity index (χ4n) is 6.18. The molecular weight excluding hydrogens is 316 g/mol. The molecule has 0 amide bonds. The molecular formula is C21H36O4. The molecule has 5 unspecified atom stereocenters. The average molecular weight is 353 g/mol. The normalized spacial score (nSPS) is 56.3. The maximum atomic E-state index is 11.8. The smallest absolute Gasteiger partial charge is 0.190 e. The molecule has 0 aromatic rings. The van der Waals surface area contributed by atoms with Crippen molar-refractivity contribution < 1.29 is 19.3 Å². The Balaban J connectivity index is 1.60. The number of hydrogen-bond acceptors (Lipinski definition) is 4. The molecule has 1 N–H and O–H groups in total. The highest BCUT2D eigenvalue weighted by Crippen LogP contribution is 2.55. The van der Waals surface area contributed by atoms with Gasteiger partial charge in [0.25, 0.3) is 0 Å². The summed E-state index contributed by atoms with van der Waals surface area (Å²) in [6.45, 7) is 8.89. The van der Waals surface area contributed by atoms with Gasteiger partial charge in [-0.3, -0.25) is 0 Å². The van der Waals surface area contributed by atoms with Crippen LogP contribution >= 0.6 is 0 Å². The van der Waals surface area contributed by atoms with Gasteiger partial charge >= 0.3 is 0 Å². The van der Waals surface area contributed by atoms with Crippen LogP contribution in [0.4, 0.5) is 0 Å². The van der Waals surface area contributed by atoms with E-state index in [0.29, 0.717) is 17.9 Å². The van der Waals surface area contributed by atoms with Gasteiger partial charge in [-0.1, -0.05) is 27.2 Å². The van der Waals surface area contributed by atoms with Crippen molar-refractivity contribution in [2.75, 3.05) is 0 Å². The van der Waals surface area contributed by atoms with Gasteiger partial charge in [-0.15, -0.1) is 0 Å². The summed E-state index contributed by atoms with van der Waals surface area (Å²) in [6, 6.07) is 0. The first kappa shape index (κ1) is 18.2. The minimum Gasteiger partial charge on any atom is -0.384 e. The molecule has 4 heteroatoms. The lowest BCUT2D eigenvalue weighted by molar-refractivity contribution is -0.387. The third-order valence-electron chi connectivity index (χ3n) is 7.84. The predicted molar refractivity (Wildman–Crippen MR) is 95.8 cm³/mol. The summed E-state index contributed by atoms with van der Waals surface area (Å²) in [5.41, 5.74) is -0.858. The van der Waals surface area contributed by atoms with Crippen LogP contribution in [-0.2, 0) is 14.2 Å². The summed E-state index contributed by atoms with van der Waals surface area (Å²) in [6.07, 6.45) is 7.53. The minimum atomic E-state index is -0.858. The molecule has 25 heavy (non-hydrogen) atoms. The largest absolute Gasteiger partial charge is 0.384 e. The Kier molecular flexibility index (Phi) is 4.94. The summed E-state index contributed by atoms with van der Waals surface area (Å²) in [7, 11) is 0. The molecule has 10 atom stereocenters. The van der Waals surface area contributed by atoms with Crippen LogP contribution in [0.5, 0.6) is 0 Å². The lowest BCUT2D eigenvalue weighted by atomic mass is 9.58. The van der Waals surface area contributed by atoms with E-state index in [4.69, 9.17) is 14.2 Å². The van der Waals surface area contributed by atoms with Crippen molar-refractivity contribution in [3.05, 3.63) is 0 Å². The molecule has 2 saturated heterocycles. The van der Waals surface area contributed by atoms with E-state index in [1.54, 1.807) is 0 Å². The quantitative estimate of drug-likeness (QED) is 0.813. The van der Waals surface area contributed by atoms with E-state index >= 15 is 0 Å². The van der Waals surface area contributed by atoms with Crippen molar-refractivity contribution in [1.82, 2.24) is 0 Å². The van der Waals surface area contributed by atoms with E-state index in [1.165, 1.54) is 19.3 Å². The summed E-state index contributed by atoms with van der Waals surface area (Å²) < 4.78 is 19.0. The molecule has 0 aromatic carbocycles. The second-order valence-corrected chi connectivity index (χ2v) is 9.46. The zero-order valence-electron chi connectivity index (χ0n) is 16.3. The summed E-state index contributed by atoms with van der Waals surface area (Å²) in [4.78, 5) is 0. The number of ether oxygens (including phenoxy) is 3. The minimum absolute atomic E-state index is 0.131. The Morgan fingerprint density at radius 2 is 1.60 bits per heavy atom.